The Balaban J connectivity index is 1.48. The zero-order valence-corrected chi connectivity index (χ0v) is 17.2. The van der Waals surface area contributed by atoms with Gasteiger partial charge in [-0.15, -0.1) is 0 Å². The lowest BCUT2D eigenvalue weighted by molar-refractivity contribution is 0.411. The Bertz CT molecular complexity index is 799. The molecule has 1 aliphatic heterocycles. The summed E-state index contributed by atoms with van der Waals surface area (Å²) in [6.07, 6.45) is 5.32. The molecule has 2 aromatic rings. The summed E-state index contributed by atoms with van der Waals surface area (Å²) >= 11 is 0. The van der Waals surface area contributed by atoms with Gasteiger partial charge in [0.1, 0.15) is 11.6 Å². The summed E-state index contributed by atoms with van der Waals surface area (Å²) < 4.78 is 5.40. The van der Waals surface area contributed by atoms with Crippen LogP contribution in [0.4, 0.5) is 5.82 Å². The number of rotatable bonds is 7. The number of benzene rings is 1. The third-order valence-electron chi connectivity index (χ3n) is 5.10. The molecule has 1 aromatic heterocycles. The Morgan fingerprint density at radius 1 is 1.14 bits per heavy atom. The zero-order valence-electron chi connectivity index (χ0n) is 17.2. The van der Waals surface area contributed by atoms with E-state index >= 15 is 0 Å². The van der Waals surface area contributed by atoms with E-state index in [1.807, 2.05) is 6.20 Å². The first-order chi connectivity index (χ1) is 13.7. The maximum Gasteiger partial charge on any atom is 0.191 e. The molecule has 150 valence electrons. The Morgan fingerprint density at radius 3 is 2.71 bits per heavy atom. The lowest BCUT2D eigenvalue weighted by Gasteiger charge is -2.17. The minimum absolute atomic E-state index is 0.724. The van der Waals surface area contributed by atoms with E-state index in [-0.39, 0.29) is 0 Å². The molecule has 1 aromatic carbocycles. The van der Waals surface area contributed by atoms with Crippen molar-refractivity contribution in [1.82, 2.24) is 15.6 Å². The molecule has 3 rings (SSSR count). The summed E-state index contributed by atoms with van der Waals surface area (Å²) in [7, 11) is 3.51. The van der Waals surface area contributed by atoms with Crippen LogP contribution in [0.25, 0.3) is 0 Å². The van der Waals surface area contributed by atoms with Gasteiger partial charge >= 0.3 is 0 Å². The van der Waals surface area contributed by atoms with E-state index in [0.717, 1.165) is 55.7 Å². The highest BCUT2D eigenvalue weighted by Crippen LogP contribution is 2.19. The number of aromatic nitrogens is 1. The van der Waals surface area contributed by atoms with Crippen LogP contribution in [0.3, 0.4) is 0 Å². The topological polar surface area (TPSA) is 61.8 Å². The fourth-order valence-corrected chi connectivity index (χ4v) is 3.44. The number of hydrogen-bond donors (Lipinski definition) is 2. The molecule has 0 amide bonds. The summed E-state index contributed by atoms with van der Waals surface area (Å²) in [5.41, 5.74) is 3.61. The molecule has 0 aliphatic carbocycles. The van der Waals surface area contributed by atoms with Crippen LogP contribution in [0.1, 0.15) is 29.5 Å². The molecule has 1 fully saturated rings. The van der Waals surface area contributed by atoms with Crippen LogP contribution >= 0.6 is 0 Å². The molecular weight excluding hydrogens is 350 g/mol. The summed E-state index contributed by atoms with van der Waals surface area (Å²) in [6, 6.07) is 10.6. The molecule has 0 saturated carbocycles. The second-order valence-corrected chi connectivity index (χ2v) is 7.12. The summed E-state index contributed by atoms with van der Waals surface area (Å²) in [5, 5.41) is 6.77. The van der Waals surface area contributed by atoms with Crippen molar-refractivity contribution < 1.29 is 4.74 Å². The standard InChI is InChI=1S/C22H31N5O/c1-17-6-7-18(14-20(17)28-3)8-11-25-22(23-2)26-16-19-9-10-24-21(15-19)27-12-4-5-13-27/h6-7,9-10,14-15H,4-5,8,11-13,16H2,1-3H3,(H2,23,25,26). The molecule has 0 spiro atoms. The molecule has 6 nitrogen and oxygen atoms in total. The molecule has 0 unspecified atom stereocenters. The summed E-state index contributed by atoms with van der Waals surface area (Å²) in [4.78, 5) is 11.2. The van der Waals surface area contributed by atoms with Crippen molar-refractivity contribution in [2.75, 3.05) is 38.7 Å². The largest absolute Gasteiger partial charge is 0.496 e. The van der Waals surface area contributed by atoms with Crippen molar-refractivity contribution in [1.29, 1.82) is 0 Å². The number of methoxy groups -OCH3 is 1. The first-order valence-electron chi connectivity index (χ1n) is 9.97. The first-order valence-corrected chi connectivity index (χ1v) is 9.97. The summed E-state index contributed by atoms with van der Waals surface area (Å²) in [6.45, 7) is 5.80. The number of ether oxygens (including phenoxy) is 1. The highest BCUT2D eigenvalue weighted by molar-refractivity contribution is 5.79. The maximum atomic E-state index is 5.40. The van der Waals surface area contributed by atoms with Gasteiger partial charge in [0.15, 0.2) is 5.96 Å². The van der Waals surface area contributed by atoms with Gasteiger partial charge in [-0.2, -0.15) is 0 Å². The predicted octanol–water partition coefficient (Wildman–Crippen LogP) is 2.91. The van der Waals surface area contributed by atoms with Gasteiger partial charge in [-0.05, 0) is 61.1 Å². The predicted molar refractivity (Wildman–Crippen MR) is 115 cm³/mol. The van der Waals surface area contributed by atoms with E-state index < -0.39 is 0 Å². The smallest absolute Gasteiger partial charge is 0.191 e. The van der Waals surface area contributed by atoms with Crippen molar-refractivity contribution in [3.05, 3.63) is 53.2 Å². The molecule has 28 heavy (non-hydrogen) atoms. The Labute approximate surface area is 168 Å². The monoisotopic (exact) mass is 381 g/mol. The van der Waals surface area contributed by atoms with Crippen LogP contribution < -0.4 is 20.3 Å². The number of nitrogens with zero attached hydrogens (tertiary/aromatic N) is 3. The van der Waals surface area contributed by atoms with Crippen molar-refractivity contribution in [2.24, 2.45) is 4.99 Å². The number of nitrogens with one attached hydrogen (secondary N) is 2. The zero-order chi connectivity index (χ0) is 19.8. The van der Waals surface area contributed by atoms with Gasteiger partial charge in [-0.25, -0.2) is 4.98 Å². The van der Waals surface area contributed by atoms with Crippen molar-refractivity contribution in [2.45, 2.75) is 32.7 Å². The fraction of sp³-hybridized carbons (Fsp3) is 0.455. The van der Waals surface area contributed by atoms with Gasteiger partial charge in [0, 0.05) is 39.4 Å². The molecule has 2 N–H and O–H groups in total. The Morgan fingerprint density at radius 2 is 1.96 bits per heavy atom. The molecule has 1 saturated heterocycles. The van der Waals surface area contributed by atoms with Crippen molar-refractivity contribution >= 4 is 11.8 Å². The summed E-state index contributed by atoms with van der Waals surface area (Å²) in [5.74, 6) is 2.82. The van der Waals surface area contributed by atoms with Crippen LogP contribution in [-0.4, -0.2) is 44.7 Å². The second kappa shape index (κ2) is 9.97. The van der Waals surface area contributed by atoms with E-state index in [9.17, 15) is 0 Å². The number of aliphatic imine (C=N–C) groups is 1. The minimum Gasteiger partial charge on any atom is -0.496 e. The van der Waals surface area contributed by atoms with Gasteiger partial charge in [-0.3, -0.25) is 4.99 Å². The van der Waals surface area contributed by atoms with Crippen LogP contribution in [-0.2, 0) is 13.0 Å². The van der Waals surface area contributed by atoms with Crippen LogP contribution in [0.5, 0.6) is 5.75 Å². The van der Waals surface area contributed by atoms with E-state index in [0.29, 0.717) is 0 Å². The minimum atomic E-state index is 0.724. The lowest BCUT2D eigenvalue weighted by Crippen LogP contribution is -2.37. The number of hydrogen-bond acceptors (Lipinski definition) is 4. The quantitative estimate of drug-likeness (QED) is 0.570. The van der Waals surface area contributed by atoms with Crippen LogP contribution in [0.2, 0.25) is 0 Å². The highest BCUT2D eigenvalue weighted by atomic mass is 16.5. The van der Waals surface area contributed by atoms with E-state index in [2.05, 4.69) is 62.8 Å². The van der Waals surface area contributed by atoms with Crippen molar-refractivity contribution in [3.63, 3.8) is 0 Å². The van der Waals surface area contributed by atoms with Gasteiger partial charge in [-0.1, -0.05) is 12.1 Å². The molecule has 0 radical (unpaired) electrons. The highest BCUT2D eigenvalue weighted by Gasteiger charge is 2.13. The first kappa shape index (κ1) is 20.0. The van der Waals surface area contributed by atoms with Gasteiger partial charge in [0.2, 0.25) is 0 Å². The van der Waals surface area contributed by atoms with E-state index in [1.54, 1.807) is 14.2 Å². The maximum absolute atomic E-state index is 5.40. The Hall–Kier alpha value is -2.76. The number of anilines is 1. The SMILES string of the molecule is CN=C(NCCc1ccc(C)c(OC)c1)NCc1ccnc(N2CCCC2)c1. The van der Waals surface area contributed by atoms with Crippen LogP contribution in [0.15, 0.2) is 41.5 Å². The lowest BCUT2D eigenvalue weighted by atomic mass is 10.1. The van der Waals surface area contributed by atoms with Crippen molar-refractivity contribution in [3.8, 4) is 5.75 Å². The van der Waals surface area contributed by atoms with E-state index in [4.69, 9.17) is 4.74 Å². The molecular formula is C22H31N5O. The molecule has 6 heteroatoms. The fourth-order valence-electron chi connectivity index (χ4n) is 3.44. The molecule has 2 heterocycles. The average molecular weight is 382 g/mol. The van der Waals surface area contributed by atoms with Gasteiger partial charge in [0.05, 0.1) is 7.11 Å². The van der Waals surface area contributed by atoms with Gasteiger partial charge in [0.25, 0.3) is 0 Å². The third-order valence-corrected chi connectivity index (χ3v) is 5.10. The third kappa shape index (κ3) is 5.38. The molecule has 0 bridgehead atoms. The number of pyridine rings is 1. The molecule has 1 aliphatic rings. The number of guanidine groups is 1. The molecule has 0 atom stereocenters. The normalized spacial score (nSPS) is 14.2. The van der Waals surface area contributed by atoms with Crippen LogP contribution in [0, 0.1) is 6.92 Å². The second-order valence-electron chi connectivity index (χ2n) is 7.12. The van der Waals surface area contributed by atoms with Gasteiger partial charge < -0.3 is 20.3 Å². The Kier molecular flexibility index (Phi) is 7.12. The number of aryl methyl sites for hydroxylation is 1. The average Bonchev–Trinajstić information content (AvgIpc) is 3.27. The van der Waals surface area contributed by atoms with E-state index in [1.165, 1.54) is 24.0 Å².